The van der Waals surface area contributed by atoms with E-state index in [1.165, 1.54) is 0 Å². The molecule has 0 aliphatic carbocycles. The minimum absolute atomic E-state index is 0.249. The molecule has 0 aromatic carbocycles. The fourth-order valence-electron chi connectivity index (χ4n) is 0.450. The number of rotatable bonds is 6. The Morgan fingerprint density at radius 3 is 2.89 bits per heavy atom. The molecule has 3 heteroatoms. The third kappa shape index (κ3) is 7.88. The maximum atomic E-state index is 8.34. The number of nitrogens with one attached hydrogen (secondary N) is 1. The van der Waals surface area contributed by atoms with E-state index in [0.29, 0.717) is 6.73 Å². The molecule has 0 radical (unpaired) electrons. The molecule has 56 valence electrons. The molecule has 2 N–H and O–H groups in total. The summed E-state index contributed by atoms with van der Waals surface area (Å²) in [6, 6.07) is 0. The minimum Gasteiger partial charge on any atom is -0.396 e. The fraction of sp³-hybridized carbons (Fsp3) is 1.00. The molecule has 0 unspecified atom stereocenters. The highest BCUT2D eigenvalue weighted by atomic mass is 16.5. The lowest BCUT2D eigenvalue weighted by Crippen LogP contribution is -2.19. The highest BCUT2D eigenvalue weighted by Crippen LogP contribution is 1.72. The molecule has 0 heterocycles. The van der Waals surface area contributed by atoms with Crippen LogP contribution in [0.4, 0.5) is 0 Å². The average molecular weight is 133 g/mol. The largest absolute Gasteiger partial charge is 0.396 e. The van der Waals surface area contributed by atoms with Gasteiger partial charge in [-0.2, -0.15) is 0 Å². The molecule has 0 rings (SSSR count). The molecule has 0 aliphatic rings. The summed E-state index contributed by atoms with van der Waals surface area (Å²) in [5.74, 6) is 0. The molecule has 0 bridgehead atoms. The van der Waals surface area contributed by atoms with Crippen LogP contribution >= 0.6 is 0 Å². The van der Waals surface area contributed by atoms with Crippen LogP contribution in [0.3, 0.4) is 0 Å². The Morgan fingerprint density at radius 1 is 1.56 bits per heavy atom. The standard InChI is InChI=1S/C6H15NO2/c1-2-9-6-7-4-3-5-8/h7-8H,2-6H2,1H3. The summed E-state index contributed by atoms with van der Waals surface area (Å²) < 4.78 is 4.99. The van der Waals surface area contributed by atoms with Crippen LogP contribution in [0.25, 0.3) is 0 Å². The monoisotopic (exact) mass is 133 g/mol. The van der Waals surface area contributed by atoms with Gasteiger partial charge in [-0.1, -0.05) is 0 Å². The SMILES string of the molecule is CCOCNCCCO. The van der Waals surface area contributed by atoms with Crippen molar-refractivity contribution < 1.29 is 9.84 Å². The first kappa shape index (κ1) is 8.88. The molecular weight excluding hydrogens is 118 g/mol. The Morgan fingerprint density at radius 2 is 2.33 bits per heavy atom. The Hall–Kier alpha value is -0.120. The molecule has 9 heavy (non-hydrogen) atoms. The smallest absolute Gasteiger partial charge is 0.0965 e. The Kier molecular flexibility index (Phi) is 7.77. The molecule has 0 saturated carbocycles. The van der Waals surface area contributed by atoms with Gasteiger partial charge in [0.05, 0.1) is 6.73 Å². The van der Waals surface area contributed by atoms with Crippen LogP contribution in [0.5, 0.6) is 0 Å². The van der Waals surface area contributed by atoms with Crippen LogP contribution in [0.2, 0.25) is 0 Å². The van der Waals surface area contributed by atoms with Crippen LogP contribution in [0.15, 0.2) is 0 Å². The summed E-state index contributed by atoms with van der Waals surface area (Å²) in [4.78, 5) is 0. The molecule has 0 saturated heterocycles. The number of hydrogen-bond donors (Lipinski definition) is 2. The van der Waals surface area contributed by atoms with E-state index in [1.807, 2.05) is 6.92 Å². The molecule has 0 aliphatic heterocycles. The van der Waals surface area contributed by atoms with Crippen molar-refractivity contribution in [2.75, 3.05) is 26.5 Å². The summed E-state index contributed by atoms with van der Waals surface area (Å²) in [5, 5.41) is 11.3. The molecule has 0 atom stereocenters. The van der Waals surface area contributed by atoms with E-state index < -0.39 is 0 Å². The molecule has 0 spiro atoms. The van der Waals surface area contributed by atoms with E-state index in [0.717, 1.165) is 19.6 Å². The zero-order valence-electron chi connectivity index (χ0n) is 5.89. The molecule has 0 aromatic heterocycles. The lowest BCUT2D eigenvalue weighted by Gasteiger charge is -2.01. The van der Waals surface area contributed by atoms with E-state index in [-0.39, 0.29) is 6.61 Å². The van der Waals surface area contributed by atoms with Gasteiger partial charge in [-0.05, 0) is 19.9 Å². The van der Waals surface area contributed by atoms with E-state index in [4.69, 9.17) is 9.84 Å². The second-order valence-electron chi connectivity index (χ2n) is 1.71. The Bertz CT molecular complexity index is 44.3. The summed E-state index contributed by atoms with van der Waals surface area (Å²) in [6.07, 6.45) is 0.799. The third-order valence-corrected chi connectivity index (χ3v) is 0.920. The molecule has 3 nitrogen and oxygen atoms in total. The van der Waals surface area contributed by atoms with Gasteiger partial charge in [0.25, 0.3) is 0 Å². The summed E-state index contributed by atoms with van der Waals surface area (Å²) >= 11 is 0. The van der Waals surface area contributed by atoms with Crippen molar-refractivity contribution >= 4 is 0 Å². The second-order valence-corrected chi connectivity index (χ2v) is 1.71. The van der Waals surface area contributed by atoms with Gasteiger partial charge in [0.2, 0.25) is 0 Å². The summed E-state index contributed by atoms with van der Waals surface area (Å²) in [7, 11) is 0. The van der Waals surface area contributed by atoms with Gasteiger partial charge >= 0.3 is 0 Å². The molecule has 0 aromatic rings. The molecular formula is C6H15NO2. The van der Waals surface area contributed by atoms with Crippen molar-refractivity contribution in [1.29, 1.82) is 0 Å². The van der Waals surface area contributed by atoms with Crippen molar-refractivity contribution in [2.24, 2.45) is 0 Å². The maximum absolute atomic E-state index is 8.34. The number of hydrogen-bond acceptors (Lipinski definition) is 3. The van der Waals surface area contributed by atoms with Crippen molar-refractivity contribution in [3.05, 3.63) is 0 Å². The first-order chi connectivity index (χ1) is 4.41. The third-order valence-electron chi connectivity index (χ3n) is 0.920. The van der Waals surface area contributed by atoms with E-state index >= 15 is 0 Å². The lowest BCUT2D eigenvalue weighted by molar-refractivity contribution is 0.127. The first-order valence-corrected chi connectivity index (χ1v) is 3.31. The second kappa shape index (κ2) is 7.88. The van der Waals surface area contributed by atoms with Crippen LogP contribution < -0.4 is 5.32 Å². The summed E-state index contributed by atoms with van der Waals surface area (Å²) in [6.45, 7) is 4.37. The van der Waals surface area contributed by atoms with E-state index in [9.17, 15) is 0 Å². The van der Waals surface area contributed by atoms with Crippen molar-refractivity contribution in [3.63, 3.8) is 0 Å². The van der Waals surface area contributed by atoms with Gasteiger partial charge in [0.15, 0.2) is 0 Å². The minimum atomic E-state index is 0.249. The van der Waals surface area contributed by atoms with Gasteiger partial charge in [-0.3, -0.25) is 5.32 Å². The zero-order chi connectivity index (χ0) is 6.95. The molecule has 0 fully saturated rings. The van der Waals surface area contributed by atoms with Crippen molar-refractivity contribution in [1.82, 2.24) is 5.32 Å². The maximum Gasteiger partial charge on any atom is 0.0965 e. The number of ether oxygens (including phenoxy) is 1. The van der Waals surface area contributed by atoms with Crippen molar-refractivity contribution in [2.45, 2.75) is 13.3 Å². The Labute approximate surface area is 56.0 Å². The normalized spacial score (nSPS) is 10.0. The zero-order valence-corrected chi connectivity index (χ0v) is 5.89. The van der Waals surface area contributed by atoms with Crippen LogP contribution in [0, 0.1) is 0 Å². The van der Waals surface area contributed by atoms with Gasteiger partial charge < -0.3 is 9.84 Å². The number of aliphatic hydroxyl groups excluding tert-OH is 1. The van der Waals surface area contributed by atoms with Crippen LogP contribution in [-0.4, -0.2) is 31.6 Å². The topological polar surface area (TPSA) is 41.5 Å². The highest BCUT2D eigenvalue weighted by molar-refractivity contribution is 4.38. The van der Waals surface area contributed by atoms with Crippen LogP contribution in [0.1, 0.15) is 13.3 Å². The average Bonchev–Trinajstić information content (AvgIpc) is 1.89. The lowest BCUT2D eigenvalue weighted by atomic mass is 10.5. The van der Waals surface area contributed by atoms with Gasteiger partial charge in [0.1, 0.15) is 0 Å². The highest BCUT2D eigenvalue weighted by Gasteiger charge is 1.83. The summed E-state index contributed by atoms with van der Waals surface area (Å²) in [5.41, 5.74) is 0. The van der Waals surface area contributed by atoms with Gasteiger partial charge in [-0.25, -0.2) is 0 Å². The fourth-order valence-corrected chi connectivity index (χ4v) is 0.450. The van der Waals surface area contributed by atoms with E-state index in [2.05, 4.69) is 5.32 Å². The first-order valence-electron chi connectivity index (χ1n) is 3.31. The predicted octanol–water partition coefficient (Wildman–Crippen LogP) is -0.0476. The van der Waals surface area contributed by atoms with E-state index in [1.54, 1.807) is 0 Å². The molecule has 0 amide bonds. The van der Waals surface area contributed by atoms with Gasteiger partial charge in [0, 0.05) is 13.2 Å². The van der Waals surface area contributed by atoms with Gasteiger partial charge in [-0.15, -0.1) is 0 Å². The number of aliphatic hydroxyl groups is 1. The Balaban J connectivity index is 2.60. The van der Waals surface area contributed by atoms with Crippen molar-refractivity contribution in [3.8, 4) is 0 Å². The van der Waals surface area contributed by atoms with Crippen LogP contribution in [-0.2, 0) is 4.74 Å². The predicted molar refractivity (Wildman–Crippen MR) is 36.2 cm³/mol. The quantitative estimate of drug-likeness (QED) is 0.394.